The number of hydrogen-bond acceptors (Lipinski definition) is 6. The monoisotopic (exact) mass is 385 g/mol. The lowest BCUT2D eigenvalue weighted by atomic mass is 9.97. The molecular weight excluding hydrogens is 366 g/mol. The van der Waals surface area contributed by atoms with E-state index in [0.29, 0.717) is 5.56 Å². The van der Waals surface area contributed by atoms with Gasteiger partial charge in [-0.3, -0.25) is 9.59 Å². The van der Waals surface area contributed by atoms with E-state index in [4.69, 9.17) is 0 Å². The molecule has 2 aromatic carbocycles. The Morgan fingerprint density at radius 1 is 1.04 bits per heavy atom. The summed E-state index contributed by atoms with van der Waals surface area (Å²) in [6.07, 6.45) is 0. The van der Waals surface area contributed by atoms with Crippen molar-refractivity contribution >= 4 is 17.8 Å². The number of nitrogens with zero attached hydrogens (tertiary/aromatic N) is 1. The zero-order valence-corrected chi connectivity index (χ0v) is 14.7. The van der Waals surface area contributed by atoms with E-state index in [1.54, 1.807) is 12.1 Å². The number of β-lactam (4-membered cyclic amide) rings is 1. The van der Waals surface area contributed by atoms with Crippen molar-refractivity contribution in [3.05, 3.63) is 59.7 Å². The Balaban J connectivity index is 1.65. The highest BCUT2D eigenvalue weighted by Crippen LogP contribution is 2.28. The highest BCUT2D eigenvalue weighted by Gasteiger charge is 2.43. The number of quaternary nitrogens is 1. The van der Waals surface area contributed by atoms with E-state index in [9.17, 15) is 29.7 Å². The van der Waals surface area contributed by atoms with Crippen LogP contribution in [-0.4, -0.2) is 45.5 Å². The summed E-state index contributed by atoms with van der Waals surface area (Å²) >= 11 is 0. The second kappa shape index (κ2) is 7.57. The summed E-state index contributed by atoms with van der Waals surface area (Å²) in [6.45, 7) is 0.00634. The van der Waals surface area contributed by atoms with Crippen molar-refractivity contribution in [2.75, 3.05) is 6.54 Å². The van der Waals surface area contributed by atoms with Crippen LogP contribution in [0.2, 0.25) is 0 Å². The number of carbonyl (C=O) groups excluding carboxylic acids is 3. The first kappa shape index (κ1) is 19.2. The quantitative estimate of drug-likeness (QED) is 0.430. The molecule has 9 heteroatoms. The maximum atomic E-state index is 12.4. The van der Waals surface area contributed by atoms with Gasteiger partial charge < -0.3 is 36.1 Å². The number of amides is 2. The molecular formula is C19H19N3O6. The Bertz CT molecular complexity index is 897. The van der Waals surface area contributed by atoms with E-state index in [-0.39, 0.29) is 23.6 Å². The molecule has 1 aliphatic rings. The van der Waals surface area contributed by atoms with Crippen LogP contribution >= 0.6 is 0 Å². The van der Waals surface area contributed by atoms with E-state index in [0.717, 1.165) is 4.90 Å². The predicted molar refractivity (Wildman–Crippen MR) is 93.2 cm³/mol. The van der Waals surface area contributed by atoms with Gasteiger partial charge in [0.05, 0.1) is 18.6 Å². The van der Waals surface area contributed by atoms with Crippen LogP contribution in [0.5, 0.6) is 11.5 Å². The third-order valence-corrected chi connectivity index (χ3v) is 4.63. The van der Waals surface area contributed by atoms with Crippen molar-refractivity contribution in [1.82, 2.24) is 10.2 Å². The Hall–Kier alpha value is -3.59. The lowest BCUT2D eigenvalue weighted by molar-refractivity contribution is -0.409. The normalized spacial score (nSPS) is 18.1. The predicted octanol–water partition coefficient (Wildman–Crippen LogP) is -1.80. The fourth-order valence-corrected chi connectivity index (χ4v) is 3.02. The molecule has 1 saturated heterocycles. The summed E-state index contributed by atoms with van der Waals surface area (Å²) in [5.74, 6) is -2.46. The Morgan fingerprint density at radius 2 is 1.54 bits per heavy atom. The zero-order valence-electron chi connectivity index (χ0n) is 14.7. The van der Waals surface area contributed by atoms with Crippen LogP contribution in [0.1, 0.15) is 23.2 Å². The van der Waals surface area contributed by atoms with Gasteiger partial charge in [0.25, 0.3) is 5.91 Å². The number of carbonyl (C=O) groups is 3. The van der Waals surface area contributed by atoms with E-state index in [1.165, 1.54) is 36.4 Å². The SMILES string of the molecule is [NH3+][C@@H](C(=O)N[C@H]1CN([C@@H](C(=O)[O-])c2ccc(O)cc2)C1=O)c1ccc(O)cc1. The molecule has 1 aliphatic heterocycles. The van der Waals surface area contributed by atoms with Gasteiger partial charge in [0, 0.05) is 5.56 Å². The van der Waals surface area contributed by atoms with Crippen molar-refractivity contribution in [3.8, 4) is 11.5 Å². The molecule has 0 aromatic heterocycles. The Labute approximate surface area is 160 Å². The fraction of sp³-hybridized carbons (Fsp3) is 0.211. The lowest BCUT2D eigenvalue weighted by Gasteiger charge is -2.44. The van der Waals surface area contributed by atoms with Gasteiger partial charge in [0.2, 0.25) is 5.91 Å². The molecule has 28 heavy (non-hydrogen) atoms. The number of likely N-dealkylation sites (tertiary alicyclic amines) is 1. The van der Waals surface area contributed by atoms with E-state index in [2.05, 4.69) is 11.1 Å². The van der Waals surface area contributed by atoms with Crippen molar-refractivity contribution < 1.29 is 35.4 Å². The number of carboxylic acid groups (broad SMARTS) is 1. The molecule has 2 aromatic rings. The average molecular weight is 385 g/mol. The van der Waals surface area contributed by atoms with E-state index < -0.39 is 35.9 Å². The van der Waals surface area contributed by atoms with Crippen LogP contribution in [-0.2, 0) is 14.4 Å². The largest absolute Gasteiger partial charge is 0.548 e. The number of phenolic OH excluding ortho intramolecular Hbond substituents is 2. The topological polar surface area (TPSA) is 158 Å². The maximum Gasteiger partial charge on any atom is 0.283 e. The molecule has 9 nitrogen and oxygen atoms in total. The number of aromatic hydroxyl groups is 2. The third-order valence-electron chi connectivity index (χ3n) is 4.63. The van der Waals surface area contributed by atoms with Gasteiger partial charge in [0.1, 0.15) is 17.5 Å². The highest BCUT2D eigenvalue weighted by molar-refractivity contribution is 5.96. The second-order valence-electron chi connectivity index (χ2n) is 6.51. The van der Waals surface area contributed by atoms with Gasteiger partial charge in [-0.1, -0.05) is 12.1 Å². The Morgan fingerprint density at radius 3 is 2.00 bits per heavy atom. The van der Waals surface area contributed by atoms with Gasteiger partial charge in [0.15, 0.2) is 6.04 Å². The molecule has 0 radical (unpaired) electrons. The van der Waals surface area contributed by atoms with Gasteiger partial charge in [-0.25, -0.2) is 0 Å². The van der Waals surface area contributed by atoms with Crippen LogP contribution < -0.4 is 16.2 Å². The molecule has 0 aliphatic carbocycles. The van der Waals surface area contributed by atoms with Crippen molar-refractivity contribution in [3.63, 3.8) is 0 Å². The van der Waals surface area contributed by atoms with Gasteiger partial charge >= 0.3 is 0 Å². The molecule has 3 atom stereocenters. The molecule has 0 bridgehead atoms. The smallest absolute Gasteiger partial charge is 0.283 e. The molecule has 0 unspecified atom stereocenters. The number of carboxylic acids is 1. The maximum absolute atomic E-state index is 12.4. The summed E-state index contributed by atoms with van der Waals surface area (Å²) in [6, 6.07) is 8.44. The minimum atomic E-state index is -1.46. The van der Waals surface area contributed by atoms with Gasteiger partial charge in [-0.05, 0) is 42.0 Å². The molecule has 146 valence electrons. The Kier molecular flexibility index (Phi) is 5.18. The number of aliphatic carboxylic acids is 1. The minimum absolute atomic E-state index is 0.00634. The van der Waals surface area contributed by atoms with Crippen LogP contribution in [0.15, 0.2) is 48.5 Å². The lowest BCUT2D eigenvalue weighted by Crippen LogP contribution is -2.69. The second-order valence-corrected chi connectivity index (χ2v) is 6.51. The van der Waals surface area contributed by atoms with Crippen LogP contribution in [0.25, 0.3) is 0 Å². The average Bonchev–Trinajstić information content (AvgIpc) is 2.67. The summed E-state index contributed by atoms with van der Waals surface area (Å²) < 4.78 is 0. The zero-order chi connectivity index (χ0) is 20.4. The molecule has 0 spiro atoms. The summed E-state index contributed by atoms with van der Waals surface area (Å²) in [4.78, 5) is 37.4. The standard InChI is InChI=1S/C19H19N3O6/c20-15(10-1-5-12(23)6-2-10)17(25)21-14-9-22(18(14)26)16(19(27)28)11-3-7-13(24)8-4-11/h1-8,14-16,23-24H,9,20H2,(H,21,25)(H,27,28)/t14-,15+,16+/m0/s1. The number of hydrogen-bond donors (Lipinski definition) is 4. The van der Waals surface area contributed by atoms with E-state index in [1.807, 2.05) is 0 Å². The van der Waals surface area contributed by atoms with Crippen LogP contribution in [0, 0.1) is 0 Å². The van der Waals surface area contributed by atoms with Crippen molar-refractivity contribution in [1.29, 1.82) is 0 Å². The number of nitrogens with one attached hydrogen (secondary N) is 1. The highest BCUT2D eigenvalue weighted by atomic mass is 16.4. The summed E-state index contributed by atoms with van der Waals surface area (Å²) in [7, 11) is 0. The van der Waals surface area contributed by atoms with Crippen LogP contribution in [0.3, 0.4) is 0 Å². The van der Waals surface area contributed by atoms with E-state index >= 15 is 0 Å². The van der Waals surface area contributed by atoms with Crippen molar-refractivity contribution in [2.24, 2.45) is 0 Å². The first-order valence-electron chi connectivity index (χ1n) is 8.50. The molecule has 6 N–H and O–H groups in total. The van der Waals surface area contributed by atoms with Gasteiger partial charge in [-0.15, -0.1) is 0 Å². The first-order valence-corrected chi connectivity index (χ1v) is 8.50. The fourth-order valence-electron chi connectivity index (χ4n) is 3.02. The number of phenols is 2. The van der Waals surface area contributed by atoms with Crippen molar-refractivity contribution in [2.45, 2.75) is 18.1 Å². The minimum Gasteiger partial charge on any atom is -0.548 e. The molecule has 1 heterocycles. The van der Waals surface area contributed by atoms with Crippen LogP contribution in [0.4, 0.5) is 0 Å². The number of benzene rings is 2. The molecule has 1 fully saturated rings. The first-order chi connectivity index (χ1) is 13.3. The molecule has 3 rings (SSSR count). The van der Waals surface area contributed by atoms with Gasteiger partial charge in [-0.2, -0.15) is 0 Å². The molecule has 2 amide bonds. The summed E-state index contributed by atoms with van der Waals surface area (Å²) in [5.41, 5.74) is 4.62. The summed E-state index contributed by atoms with van der Waals surface area (Å²) in [5, 5.41) is 32.7. The molecule has 0 saturated carbocycles. The third kappa shape index (κ3) is 3.74. The number of rotatable bonds is 6.